The van der Waals surface area contributed by atoms with Crippen LogP contribution in [0, 0.1) is 23.7 Å². The maximum absolute atomic E-state index is 14.2. The Balaban J connectivity index is 0.756. The molecule has 6 amide bonds. The van der Waals surface area contributed by atoms with Gasteiger partial charge in [0.2, 0.25) is 23.6 Å². The molecular formula is C55H55N7O6. The summed E-state index contributed by atoms with van der Waals surface area (Å²) >= 11 is 0. The molecule has 12 atom stereocenters. The van der Waals surface area contributed by atoms with Crippen molar-refractivity contribution in [2.45, 2.75) is 73.5 Å². The summed E-state index contributed by atoms with van der Waals surface area (Å²) in [6.07, 6.45) is 6.75. The lowest BCUT2D eigenvalue weighted by Crippen LogP contribution is -2.43. The Morgan fingerprint density at radius 3 is 0.971 bits per heavy atom. The minimum atomic E-state index is -0.748. The quantitative estimate of drug-likeness (QED) is 0.120. The second-order valence-electron chi connectivity index (χ2n) is 19.8. The van der Waals surface area contributed by atoms with Gasteiger partial charge in [-0.25, -0.2) is 0 Å². The normalized spacial score (nSPS) is 29.6. The lowest BCUT2D eigenvalue weighted by atomic mass is 9.94. The SMILES string of the molecule is O=C(N[C@H]1C[C@@H]1c1ccccc1)[C@@H]1CN(C(=O)c2ccc(C(=O)N3C[C@@H](C(=O)N[C@H]4C[C@@H]4c4ccccc4)[C@H](C(=O)N[C@@H]4C[C@H]4c4cccnc4)C3)cc2)C[C@H]1C(=O)N[C@H]1C[C@@H]1c1ccccc1. The monoisotopic (exact) mass is 909 g/mol. The first-order chi connectivity index (χ1) is 33.2. The highest BCUT2D eigenvalue weighted by molar-refractivity contribution is 6.00. The summed E-state index contributed by atoms with van der Waals surface area (Å²) < 4.78 is 0. The molecule has 2 aliphatic heterocycles. The van der Waals surface area contributed by atoms with Crippen LogP contribution in [-0.4, -0.2) is 101 Å². The minimum absolute atomic E-state index is 0.0348. The van der Waals surface area contributed by atoms with Crippen LogP contribution in [0.3, 0.4) is 0 Å². The first kappa shape index (κ1) is 43.4. The van der Waals surface area contributed by atoms with E-state index >= 15 is 0 Å². The Labute approximate surface area is 395 Å². The van der Waals surface area contributed by atoms with Crippen LogP contribution in [-0.2, 0) is 19.2 Å². The van der Waals surface area contributed by atoms with Gasteiger partial charge in [-0.3, -0.25) is 33.8 Å². The molecule has 6 fully saturated rings. The number of amides is 6. The molecule has 3 heterocycles. The summed E-state index contributed by atoms with van der Waals surface area (Å²) in [5, 5.41) is 12.7. The third-order valence-electron chi connectivity index (χ3n) is 15.2. The van der Waals surface area contributed by atoms with Crippen molar-refractivity contribution in [3.05, 3.63) is 173 Å². The molecular weight excluding hydrogens is 855 g/mol. The number of aromatic nitrogens is 1. The maximum atomic E-state index is 14.2. The standard InChI is InChI=1S/C55H55N7O6/c63-50(57-46-23-38(46)32-11-4-1-5-12-32)42-28-61(29-43(42)51(64)58-47-24-39(47)33-13-6-2-7-14-33)54(67)35-18-20-36(21-19-35)55(68)62-30-44(52(65)59-48-25-40(48)34-15-8-3-9-16-34)45(31-62)53(66)60-49-26-41(49)37-17-10-22-56-27-37/h1-22,27,38-49H,23-26,28-31H2,(H,57,63)(H,58,64)(H,59,65)(H,60,66)/t38-,39-,40-,41+,42-,43-,44-,45-,46+,47+,48+,49-/m1/s1. The predicted octanol–water partition coefficient (Wildman–Crippen LogP) is 5.15. The minimum Gasteiger partial charge on any atom is -0.352 e. The third kappa shape index (κ3) is 9.13. The number of carbonyl (C=O) groups is 6. The molecule has 68 heavy (non-hydrogen) atoms. The van der Waals surface area contributed by atoms with E-state index in [2.05, 4.69) is 62.6 Å². The van der Waals surface area contributed by atoms with Gasteiger partial charge >= 0.3 is 0 Å². The molecule has 346 valence electrons. The van der Waals surface area contributed by atoms with Crippen molar-refractivity contribution in [2.75, 3.05) is 26.2 Å². The molecule has 0 bridgehead atoms. The van der Waals surface area contributed by atoms with Crippen LogP contribution in [0.25, 0.3) is 0 Å². The first-order valence-corrected chi connectivity index (χ1v) is 24.1. The molecule has 5 aromatic rings. The molecule has 0 spiro atoms. The maximum Gasteiger partial charge on any atom is 0.253 e. The van der Waals surface area contributed by atoms with E-state index < -0.39 is 23.7 Å². The fourth-order valence-electron chi connectivity index (χ4n) is 10.9. The average Bonchev–Trinajstić information content (AvgIpc) is 4.31. The Hall–Kier alpha value is -7.15. The second-order valence-corrected chi connectivity index (χ2v) is 19.8. The molecule has 11 rings (SSSR count). The Morgan fingerprint density at radius 2 is 0.676 bits per heavy atom. The van der Waals surface area contributed by atoms with Gasteiger partial charge in [0.15, 0.2) is 0 Å². The van der Waals surface area contributed by atoms with E-state index in [1.54, 1.807) is 40.3 Å². The number of hydrogen-bond donors (Lipinski definition) is 4. The largest absolute Gasteiger partial charge is 0.352 e. The lowest BCUT2D eigenvalue weighted by Gasteiger charge is -2.18. The second kappa shape index (κ2) is 18.2. The van der Waals surface area contributed by atoms with Crippen molar-refractivity contribution in [1.29, 1.82) is 0 Å². The zero-order chi connectivity index (χ0) is 46.5. The van der Waals surface area contributed by atoms with Crippen LogP contribution in [0.2, 0.25) is 0 Å². The van der Waals surface area contributed by atoms with Gasteiger partial charge in [-0.15, -0.1) is 0 Å². The van der Waals surface area contributed by atoms with Gasteiger partial charge in [-0.2, -0.15) is 0 Å². The zero-order valence-electron chi connectivity index (χ0n) is 37.7. The van der Waals surface area contributed by atoms with Gasteiger partial charge in [0.1, 0.15) is 0 Å². The number of rotatable bonds is 14. The molecule has 4 saturated carbocycles. The Morgan fingerprint density at radius 1 is 0.382 bits per heavy atom. The average molecular weight is 910 g/mol. The van der Waals surface area contributed by atoms with E-state index in [1.807, 2.05) is 72.9 Å². The van der Waals surface area contributed by atoms with Crippen molar-refractivity contribution in [2.24, 2.45) is 23.7 Å². The summed E-state index contributed by atoms with van der Waals surface area (Å²) in [4.78, 5) is 91.7. The molecule has 13 nitrogen and oxygen atoms in total. The molecule has 6 aliphatic rings. The molecule has 4 aliphatic carbocycles. The zero-order valence-corrected chi connectivity index (χ0v) is 37.7. The molecule has 0 radical (unpaired) electrons. The van der Waals surface area contributed by atoms with E-state index in [0.29, 0.717) is 11.1 Å². The van der Waals surface area contributed by atoms with Gasteiger partial charge < -0.3 is 31.1 Å². The van der Waals surface area contributed by atoms with Crippen LogP contribution in [0.1, 0.15) is 92.3 Å². The number of likely N-dealkylation sites (tertiary alicyclic amines) is 2. The van der Waals surface area contributed by atoms with Crippen LogP contribution in [0.15, 0.2) is 140 Å². The summed E-state index contributed by atoms with van der Waals surface area (Å²) in [6.45, 7) is 0.303. The van der Waals surface area contributed by atoms with Crippen molar-refractivity contribution >= 4 is 35.4 Å². The fraction of sp³-hybridized carbons (Fsp3) is 0.364. The Kier molecular flexibility index (Phi) is 11.6. The highest BCUT2D eigenvalue weighted by Gasteiger charge is 2.51. The molecule has 13 heteroatoms. The van der Waals surface area contributed by atoms with Crippen LogP contribution in [0.4, 0.5) is 0 Å². The van der Waals surface area contributed by atoms with Gasteiger partial charge in [-0.05, 0) is 78.3 Å². The fourth-order valence-corrected chi connectivity index (χ4v) is 10.9. The van der Waals surface area contributed by atoms with E-state index in [-0.39, 0.29) is 109 Å². The Bertz CT molecular complexity index is 2370. The lowest BCUT2D eigenvalue weighted by molar-refractivity contribution is -0.133. The smallest absolute Gasteiger partial charge is 0.253 e. The summed E-state index contributed by atoms with van der Waals surface area (Å²) in [5.74, 6) is -3.83. The van der Waals surface area contributed by atoms with E-state index in [0.717, 1.165) is 47.9 Å². The number of pyridine rings is 1. The number of nitrogens with zero attached hydrogens (tertiary/aromatic N) is 3. The first-order valence-electron chi connectivity index (χ1n) is 24.1. The predicted molar refractivity (Wildman–Crippen MR) is 253 cm³/mol. The van der Waals surface area contributed by atoms with Crippen LogP contribution in [0.5, 0.6) is 0 Å². The van der Waals surface area contributed by atoms with Crippen molar-refractivity contribution < 1.29 is 28.8 Å². The van der Waals surface area contributed by atoms with Gasteiger partial charge in [0.25, 0.3) is 11.8 Å². The van der Waals surface area contributed by atoms with Crippen LogP contribution >= 0.6 is 0 Å². The van der Waals surface area contributed by atoms with Crippen molar-refractivity contribution in [3.63, 3.8) is 0 Å². The van der Waals surface area contributed by atoms with Crippen molar-refractivity contribution in [3.8, 4) is 0 Å². The van der Waals surface area contributed by atoms with E-state index in [1.165, 1.54) is 0 Å². The molecule has 1 aromatic heterocycles. The third-order valence-corrected chi connectivity index (χ3v) is 15.2. The number of benzene rings is 4. The molecule has 4 N–H and O–H groups in total. The van der Waals surface area contributed by atoms with E-state index in [9.17, 15) is 28.8 Å². The number of nitrogens with one attached hydrogen (secondary N) is 4. The van der Waals surface area contributed by atoms with Gasteiger partial charge in [-0.1, -0.05) is 97.1 Å². The van der Waals surface area contributed by atoms with Crippen molar-refractivity contribution in [1.82, 2.24) is 36.1 Å². The molecule has 4 aromatic carbocycles. The van der Waals surface area contributed by atoms with E-state index in [4.69, 9.17) is 0 Å². The summed E-state index contributed by atoms with van der Waals surface area (Å²) in [6, 6.07) is 40.2. The number of hydrogen-bond acceptors (Lipinski definition) is 7. The highest BCUT2D eigenvalue weighted by atomic mass is 16.2. The van der Waals surface area contributed by atoms with Gasteiger partial charge in [0.05, 0.1) is 23.7 Å². The molecule has 0 unspecified atom stereocenters. The molecule has 2 saturated heterocycles. The summed E-state index contributed by atoms with van der Waals surface area (Å²) in [5.41, 5.74) is 5.17. The summed E-state index contributed by atoms with van der Waals surface area (Å²) in [7, 11) is 0. The van der Waals surface area contributed by atoms with Gasteiger partial charge in [0, 0.05) is 97.5 Å². The number of carbonyl (C=O) groups excluding carboxylic acids is 6. The van der Waals surface area contributed by atoms with Crippen LogP contribution < -0.4 is 21.3 Å². The topological polar surface area (TPSA) is 170 Å². The highest BCUT2D eigenvalue weighted by Crippen LogP contribution is 2.44.